The van der Waals surface area contributed by atoms with Gasteiger partial charge in [0.05, 0.1) is 11.6 Å². The SMILES string of the molecule is Cc1cc2c(cc1C#N)c(Br)cn2[C@@H]1CCC[C@@H](O[Si](C)(C)C(C)(C)C)C1. The van der Waals surface area contributed by atoms with Crippen molar-refractivity contribution in [1.29, 1.82) is 5.26 Å². The molecule has 1 aromatic heterocycles. The van der Waals surface area contributed by atoms with Crippen LogP contribution in [0.2, 0.25) is 18.1 Å². The first-order valence-electron chi connectivity index (χ1n) is 9.92. The van der Waals surface area contributed by atoms with Crippen LogP contribution in [0.1, 0.15) is 63.6 Å². The van der Waals surface area contributed by atoms with Crippen LogP contribution in [0.25, 0.3) is 10.9 Å². The van der Waals surface area contributed by atoms with Gasteiger partial charge in [-0.1, -0.05) is 20.8 Å². The van der Waals surface area contributed by atoms with E-state index in [-0.39, 0.29) is 5.04 Å². The zero-order chi connectivity index (χ0) is 20.0. The van der Waals surface area contributed by atoms with Gasteiger partial charge < -0.3 is 8.99 Å². The molecule has 0 amide bonds. The summed E-state index contributed by atoms with van der Waals surface area (Å²) >= 11 is 3.71. The number of fused-ring (bicyclic) bond motifs is 1. The van der Waals surface area contributed by atoms with Crippen molar-refractivity contribution in [3.8, 4) is 6.07 Å². The van der Waals surface area contributed by atoms with Gasteiger partial charge in [-0.25, -0.2) is 0 Å². The lowest BCUT2D eigenvalue weighted by atomic mass is 9.92. The van der Waals surface area contributed by atoms with Crippen molar-refractivity contribution >= 4 is 35.2 Å². The molecule has 3 rings (SSSR count). The lowest BCUT2D eigenvalue weighted by Gasteiger charge is -2.42. The fourth-order valence-electron chi connectivity index (χ4n) is 3.85. The summed E-state index contributed by atoms with van der Waals surface area (Å²) in [4.78, 5) is 0. The first kappa shape index (κ1) is 20.6. The summed E-state index contributed by atoms with van der Waals surface area (Å²) in [6, 6.07) is 6.93. The lowest BCUT2D eigenvalue weighted by Crippen LogP contribution is -2.45. The maximum absolute atomic E-state index is 9.35. The Morgan fingerprint density at radius 3 is 2.59 bits per heavy atom. The minimum atomic E-state index is -1.75. The molecule has 0 N–H and O–H groups in total. The van der Waals surface area contributed by atoms with Gasteiger partial charge in [0.1, 0.15) is 0 Å². The number of aryl methyl sites for hydroxylation is 1. The van der Waals surface area contributed by atoms with Crippen molar-refractivity contribution in [2.75, 3.05) is 0 Å². The summed E-state index contributed by atoms with van der Waals surface area (Å²) in [5.74, 6) is 0. The van der Waals surface area contributed by atoms with Gasteiger partial charge in [0, 0.05) is 33.7 Å². The molecule has 1 fully saturated rings. The van der Waals surface area contributed by atoms with E-state index in [1.165, 1.54) is 24.8 Å². The summed E-state index contributed by atoms with van der Waals surface area (Å²) in [6.07, 6.45) is 7.18. The van der Waals surface area contributed by atoms with Crippen molar-refractivity contribution in [2.24, 2.45) is 0 Å². The summed E-state index contributed by atoms with van der Waals surface area (Å²) in [7, 11) is -1.75. The van der Waals surface area contributed by atoms with E-state index in [1.54, 1.807) is 0 Å². The lowest BCUT2D eigenvalue weighted by molar-refractivity contribution is 0.113. The van der Waals surface area contributed by atoms with E-state index in [1.807, 2.05) is 13.0 Å². The van der Waals surface area contributed by atoms with Crippen LogP contribution >= 0.6 is 15.9 Å². The van der Waals surface area contributed by atoms with Crippen molar-refractivity contribution in [3.63, 3.8) is 0 Å². The monoisotopic (exact) mass is 446 g/mol. The van der Waals surface area contributed by atoms with Gasteiger partial charge in [-0.15, -0.1) is 0 Å². The summed E-state index contributed by atoms with van der Waals surface area (Å²) in [5.41, 5.74) is 3.02. The summed E-state index contributed by atoms with van der Waals surface area (Å²) in [5, 5.41) is 10.7. The molecule has 0 unspecified atom stereocenters. The molecule has 2 aromatic rings. The molecule has 0 aliphatic heterocycles. The standard InChI is InChI=1S/C22H31BrN2OSi/c1-15-10-21-19(11-16(15)13-24)20(23)14-25(21)17-8-7-9-18(12-17)26-27(5,6)22(2,3)4/h10-11,14,17-18H,7-9,12H2,1-6H3/t17-,18-/m1/s1. The van der Waals surface area contributed by atoms with E-state index < -0.39 is 8.32 Å². The van der Waals surface area contributed by atoms with Crippen molar-refractivity contribution in [3.05, 3.63) is 33.9 Å². The zero-order valence-electron chi connectivity index (χ0n) is 17.4. The Hall–Kier alpha value is -1.09. The number of nitriles is 1. The predicted molar refractivity (Wildman–Crippen MR) is 119 cm³/mol. The highest BCUT2D eigenvalue weighted by Crippen LogP contribution is 2.42. The van der Waals surface area contributed by atoms with Crippen LogP contribution in [-0.4, -0.2) is 19.0 Å². The van der Waals surface area contributed by atoms with E-state index in [4.69, 9.17) is 4.43 Å². The molecule has 0 radical (unpaired) electrons. The molecule has 1 aromatic carbocycles. The minimum Gasteiger partial charge on any atom is -0.414 e. The molecular weight excluding hydrogens is 416 g/mol. The smallest absolute Gasteiger partial charge is 0.192 e. The predicted octanol–water partition coefficient (Wildman–Crippen LogP) is 7.09. The second-order valence-electron chi connectivity index (χ2n) is 9.50. The quantitative estimate of drug-likeness (QED) is 0.471. The molecule has 1 aliphatic rings. The molecule has 1 saturated carbocycles. The number of hydrogen-bond donors (Lipinski definition) is 0. The second-order valence-corrected chi connectivity index (χ2v) is 15.1. The summed E-state index contributed by atoms with van der Waals surface area (Å²) < 4.78 is 10.2. The Kier molecular flexibility index (Phi) is 5.64. The molecule has 146 valence electrons. The molecule has 1 aliphatic carbocycles. The maximum Gasteiger partial charge on any atom is 0.192 e. The van der Waals surface area contributed by atoms with Crippen LogP contribution in [0, 0.1) is 18.3 Å². The minimum absolute atomic E-state index is 0.244. The van der Waals surface area contributed by atoms with Gasteiger partial charge in [0.25, 0.3) is 0 Å². The highest BCUT2D eigenvalue weighted by molar-refractivity contribution is 9.10. The van der Waals surface area contributed by atoms with Crippen LogP contribution in [0.5, 0.6) is 0 Å². The van der Waals surface area contributed by atoms with Crippen LogP contribution in [0.4, 0.5) is 0 Å². The first-order chi connectivity index (χ1) is 12.5. The topological polar surface area (TPSA) is 38.0 Å². The second kappa shape index (κ2) is 7.38. The van der Waals surface area contributed by atoms with E-state index in [9.17, 15) is 5.26 Å². The zero-order valence-corrected chi connectivity index (χ0v) is 20.0. The largest absolute Gasteiger partial charge is 0.414 e. The number of benzene rings is 1. The van der Waals surface area contributed by atoms with E-state index in [2.05, 4.69) is 72.7 Å². The Labute approximate surface area is 173 Å². The molecule has 0 spiro atoms. The molecule has 3 nitrogen and oxygen atoms in total. The molecule has 1 heterocycles. The molecule has 2 atom stereocenters. The Morgan fingerprint density at radius 2 is 1.96 bits per heavy atom. The van der Waals surface area contributed by atoms with E-state index >= 15 is 0 Å². The first-order valence-corrected chi connectivity index (χ1v) is 13.6. The fraction of sp³-hybridized carbons (Fsp3) is 0.591. The third-order valence-electron chi connectivity index (χ3n) is 6.51. The van der Waals surface area contributed by atoms with Gasteiger partial charge >= 0.3 is 0 Å². The van der Waals surface area contributed by atoms with Gasteiger partial charge in [0.2, 0.25) is 0 Å². The average molecular weight is 447 g/mol. The van der Waals surface area contributed by atoms with Gasteiger partial charge in [-0.2, -0.15) is 5.26 Å². The molecule has 27 heavy (non-hydrogen) atoms. The van der Waals surface area contributed by atoms with Crippen molar-refractivity contribution < 1.29 is 4.43 Å². The number of rotatable bonds is 3. The Morgan fingerprint density at radius 1 is 1.26 bits per heavy atom. The van der Waals surface area contributed by atoms with E-state index in [0.717, 1.165) is 27.4 Å². The van der Waals surface area contributed by atoms with Crippen LogP contribution in [0.3, 0.4) is 0 Å². The normalized spacial score (nSPS) is 21.4. The number of aromatic nitrogens is 1. The Bertz CT molecular complexity index is 888. The maximum atomic E-state index is 9.35. The molecule has 0 saturated heterocycles. The molecule has 5 heteroatoms. The van der Waals surface area contributed by atoms with Crippen molar-refractivity contribution in [2.45, 2.75) is 83.7 Å². The van der Waals surface area contributed by atoms with Crippen molar-refractivity contribution in [1.82, 2.24) is 4.57 Å². The van der Waals surface area contributed by atoms with Gasteiger partial charge in [-0.05, 0) is 84.4 Å². The Balaban J connectivity index is 1.89. The van der Waals surface area contributed by atoms with Crippen LogP contribution < -0.4 is 0 Å². The van der Waals surface area contributed by atoms with Gasteiger partial charge in [-0.3, -0.25) is 0 Å². The molecular formula is C22H31BrN2OSi. The highest BCUT2D eigenvalue weighted by Gasteiger charge is 2.40. The third-order valence-corrected chi connectivity index (χ3v) is 11.7. The number of nitrogens with zero attached hydrogens (tertiary/aromatic N) is 2. The van der Waals surface area contributed by atoms with Crippen LogP contribution in [-0.2, 0) is 4.43 Å². The number of halogens is 1. The highest BCUT2D eigenvalue weighted by atomic mass is 79.9. The fourth-order valence-corrected chi connectivity index (χ4v) is 5.79. The molecule has 0 bridgehead atoms. The van der Waals surface area contributed by atoms with Crippen LogP contribution in [0.15, 0.2) is 22.8 Å². The third kappa shape index (κ3) is 4.04. The summed E-state index contributed by atoms with van der Waals surface area (Å²) in [6.45, 7) is 13.7. The average Bonchev–Trinajstić information content (AvgIpc) is 2.89. The number of hydrogen-bond acceptors (Lipinski definition) is 2. The van der Waals surface area contributed by atoms with Gasteiger partial charge in [0.15, 0.2) is 8.32 Å². The van der Waals surface area contributed by atoms with E-state index in [0.29, 0.717) is 12.1 Å².